The summed E-state index contributed by atoms with van der Waals surface area (Å²) in [6.45, 7) is 1.52. The largest absolute Gasteiger partial charge is 0.493 e. The monoisotopic (exact) mass is 399 g/mol. The van der Waals surface area contributed by atoms with Crippen LogP contribution in [0.5, 0.6) is 11.5 Å². The van der Waals surface area contributed by atoms with Gasteiger partial charge < -0.3 is 14.4 Å². The van der Waals surface area contributed by atoms with E-state index in [1.54, 1.807) is 20.3 Å². The molecule has 1 heterocycles. The van der Waals surface area contributed by atoms with Gasteiger partial charge in [0.05, 0.1) is 14.2 Å². The van der Waals surface area contributed by atoms with Crippen molar-refractivity contribution in [2.45, 2.75) is 25.2 Å². The van der Waals surface area contributed by atoms with E-state index in [0.717, 1.165) is 42.9 Å². The van der Waals surface area contributed by atoms with Crippen LogP contribution in [-0.4, -0.2) is 38.1 Å². The molecule has 0 saturated carbocycles. The molecule has 0 N–H and O–H groups in total. The molecule has 0 radical (unpaired) electrons. The van der Waals surface area contributed by atoms with Crippen LogP contribution in [0.4, 0.5) is 0 Å². The zero-order chi connectivity index (χ0) is 19.9. The van der Waals surface area contributed by atoms with Gasteiger partial charge in [-0.3, -0.25) is 4.79 Å². The van der Waals surface area contributed by atoms with Gasteiger partial charge >= 0.3 is 0 Å². The highest BCUT2D eigenvalue weighted by molar-refractivity contribution is 6.30. The number of halogens is 1. The molecule has 1 unspecified atom stereocenters. The predicted molar refractivity (Wildman–Crippen MR) is 113 cm³/mol. The first-order valence-electron chi connectivity index (χ1n) is 9.55. The second-order valence-corrected chi connectivity index (χ2v) is 7.41. The van der Waals surface area contributed by atoms with Crippen molar-refractivity contribution in [1.82, 2.24) is 4.90 Å². The molecular weight excluding hydrogens is 374 g/mol. The fraction of sp³-hybridized carbons (Fsp3) is 0.348. The smallest absolute Gasteiger partial charge is 0.246 e. The molecule has 1 fully saturated rings. The SMILES string of the molecule is COc1ccc(/C=C/C(=O)N2CCCCC(c3ccc(Cl)cc3)C2)cc1OC. The summed E-state index contributed by atoms with van der Waals surface area (Å²) in [6, 6.07) is 13.6. The molecule has 0 aromatic heterocycles. The summed E-state index contributed by atoms with van der Waals surface area (Å²) in [5.41, 5.74) is 2.14. The van der Waals surface area contributed by atoms with Gasteiger partial charge in [0.25, 0.3) is 0 Å². The molecule has 0 bridgehead atoms. The number of hydrogen-bond donors (Lipinski definition) is 0. The summed E-state index contributed by atoms with van der Waals surface area (Å²) in [7, 11) is 3.21. The van der Waals surface area contributed by atoms with Gasteiger partial charge in [-0.15, -0.1) is 0 Å². The summed E-state index contributed by atoms with van der Waals surface area (Å²) in [5.74, 6) is 1.70. The number of methoxy groups -OCH3 is 2. The topological polar surface area (TPSA) is 38.8 Å². The number of likely N-dealkylation sites (tertiary alicyclic amines) is 1. The number of carbonyl (C=O) groups excluding carboxylic acids is 1. The number of nitrogens with zero attached hydrogens (tertiary/aromatic N) is 1. The Morgan fingerprint density at radius 2 is 1.82 bits per heavy atom. The first-order valence-corrected chi connectivity index (χ1v) is 9.93. The summed E-state index contributed by atoms with van der Waals surface area (Å²) >= 11 is 6.01. The third kappa shape index (κ3) is 5.08. The van der Waals surface area contributed by atoms with E-state index in [9.17, 15) is 4.79 Å². The maximum atomic E-state index is 12.8. The van der Waals surface area contributed by atoms with E-state index in [-0.39, 0.29) is 5.91 Å². The summed E-state index contributed by atoms with van der Waals surface area (Å²) < 4.78 is 10.6. The average Bonchev–Trinajstić information content (AvgIpc) is 2.98. The van der Waals surface area contributed by atoms with Crippen molar-refractivity contribution in [2.75, 3.05) is 27.3 Å². The van der Waals surface area contributed by atoms with E-state index in [2.05, 4.69) is 12.1 Å². The Bertz CT molecular complexity index is 832. The molecule has 1 aliphatic rings. The molecule has 28 heavy (non-hydrogen) atoms. The molecule has 1 aliphatic heterocycles. The minimum Gasteiger partial charge on any atom is -0.493 e. The highest BCUT2D eigenvalue weighted by Gasteiger charge is 2.22. The van der Waals surface area contributed by atoms with Crippen molar-refractivity contribution < 1.29 is 14.3 Å². The molecule has 1 atom stereocenters. The molecule has 3 rings (SSSR count). The molecule has 2 aromatic rings. The normalized spacial score (nSPS) is 17.4. The Labute approximate surface area is 171 Å². The summed E-state index contributed by atoms with van der Waals surface area (Å²) in [6.07, 6.45) is 6.71. The van der Waals surface area contributed by atoms with Gasteiger partial charge in [-0.25, -0.2) is 0 Å². The molecule has 148 valence electrons. The second kappa shape index (κ2) is 9.65. The fourth-order valence-corrected chi connectivity index (χ4v) is 3.70. The third-order valence-electron chi connectivity index (χ3n) is 5.15. The van der Waals surface area contributed by atoms with Gasteiger partial charge in [0.15, 0.2) is 11.5 Å². The standard InChI is InChI=1S/C23H26ClNO3/c1-27-21-12-6-17(15-22(21)28-2)7-13-23(26)25-14-4-3-5-19(16-25)18-8-10-20(24)11-9-18/h6-13,15,19H,3-5,14,16H2,1-2H3/b13-7+. The zero-order valence-corrected chi connectivity index (χ0v) is 17.1. The molecular formula is C23H26ClNO3. The Hall–Kier alpha value is -2.46. The van der Waals surface area contributed by atoms with E-state index < -0.39 is 0 Å². The molecule has 5 heteroatoms. The first-order chi connectivity index (χ1) is 13.6. The van der Waals surface area contributed by atoms with Crippen molar-refractivity contribution >= 4 is 23.6 Å². The Morgan fingerprint density at radius 1 is 1.07 bits per heavy atom. The van der Waals surface area contributed by atoms with Crippen molar-refractivity contribution in [3.8, 4) is 11.5 Å². The van der Waals surface area contributed by atoms with Crippen LogP contribution < -0.4 is 9.47 Å². The molecule has 0 spiro atoms. The Balaban J connectivity index is 1.70. The maximum Gasteiger partial charge on any atom is 0.246 e. The van der Waals surface area contributed by atoms with Gasteiger partial charge in [0, 0.05) is 30.1 Å². The quantitative estimate of drug-likeness (QED) is 0.651. The number of ether oxygens (including phenoxy) is 2. The lowest BCUT2D eigenvalue weighted by atomic mass is 9.94. The third-order valence-corrected chi connectivity index (χ3v) is 5.40. The van der Waals surface area contributed by atoms with Gasteiger partial charge in [-0.2, -0.15) is 0 Å². The van der Waals surface area contributed by atoms with Crippen molar-refractivity contribution in [2.24, 2.45) is 0 Å². The minimum atomic E-state index is 0.0376. The van der Waals surface area contributed by atoms with Gasteiger partial charge in [0.1, 0.15) is 0 Å². The highest BCUT2D eigenvalue weighted by atomic mass is 35.5. The average molecular weight is 400 g/mol. The van der Waals surface area contributed by atoms with Crippen molar-refractivity contribution in [3.05, 3.63) is 64.7 Å². The van der Waals surface area contributed by atoms with Crippen molar-refractivity contribution in [3.63, 3.8) is 0 Å². The maximum absolute atomic E-state index is 12.8. The second-order valence-electron chi connectivity index (χ2n) is 6.98. The molecule has 2 aromatic carbocycles. The summed E-state index contributed by atoms with van der Waals surface area (Å²) in [5, 5.41) is 0.739. The van der Waals surface area contributed by atoms with Gasteiger partial charge in [-0.1, -0.05) is 36.2 Å². The van der Waals surface area contributed by atoms with Crippen LogP contribution >= 0.6 is 11.6 Å². The van der Waals surface area contributed by atoms with E-state index in [0.29, 0.717) is 17.4 Å². The predicted octanol–water partition coefficient (Wildman–Crippen LogP) is 5.17. The van der Waals surface area contributed by atoms with Crippen LogP contribution in [0, 0.1) is 0 Å². The number of hydrogen-bond acceptors (Lipinski definition) is 3. The van der Waals surface area contributed by atoms with Crippen LogP contribution in [0.3, 0.4) is 0 Å². The highest BCUT2D eigenvalue weighted by Crippen LogP contribution is 2.29. The lowest BCUT2D eigenvalue weighted by Crippen LogP contribution is -2.32. The van der Waals surface area contributed by atoms with Crippen LogP contribution in [0.2, 0.25) is 5.02 Å². The fourth-order valence-electron chi connectivity index (χ4n) is 3.58. The Kier molecular flexibility index (Phi) is 6.99. The van der Waals surface area contributed by atoms with E-state index in [1.165, 1.54) is 5.56 Å². The molecule has 0 aliphatic carbocycles. The van der Waals surface area contributed by atoms with Gasteiger partial charge in [0.2, 0.25) is 5.91 Å². The Morgan fingerprint density at radius 3 is 2.54 bits per heavy atom. The van der Waals surface area contributed by atoms with Crippen LogP contribution in [0.1, 0.15) is 36.3 Å². The van der Waals surface area contributed by atoms with E-state index in [4.69, 9.17) is 21.1 Å². The van der Waals surface area contributed by atoms with Gasteiger partial charge in [-0.05, 0) is 54.3 Å². The van der Waals surface area contributed by atoms with Crippen LogP contribution in [0.25, 0.3) is 6.08 Å². The molecule has 4 nitrogen and oxygen atoms in total. The number of rotatable bonds is 5. The first kappa shape index (κ1) is 20.3. The van der Waals surface area contributed by atoms with Crippen LogP contribution in [0.15, 0.2) is 48.5 Å². The molecule has 1 saturated heterocycles. The van der Waals surface area contributed by atoms with E-state index >= 15 is 0 Å². The summed E-state index contributed by atoms with van der Waals surface area (Å²) in [4.78, 5) is 14.7. The zero-order valence-electron chi connectivity index (χ0n) is 16.4. The molecule has 1 amide bonds. The van der Waals surface area contributed by atoms with E-state index in [1.807, 2.05) is 41.3 Å². The lowest BCUT2D eigenvalue weighted by molar-refractivity contribution is -0.126. The number of amides is 1. The van der Waals surface area contributed by atoms with Crippen LogP contribution in [-0.2, 0) is 4.79 Å². The number of benzene rings is 2. The lowest BCUT2D eigenvalue weighted by Gasteiger charge is -2.23. The van der Waals surface area contributed by atoms with Crippen molar-refractivity contribution in [1.29, 1.82) is 0 Å². The minimum absolute atomic E-state index is 0.0376. The number of carbonyl (C=O) groups is 1.